The molecule has 0 unspecified atom stereocenters. The highest BCUT2D eigenvalue weighted by molar-refractivity contribution is 6.81. The van der Waals surface area contributed by atoms with Gasteiger partial charge in [-0.2, -0.15) is 0 Å². The van der Waals surface area contributed by atoms with Gasteiger partial charge in [0.1, 0.15) is 0 Å². The van der Waals surface area contributed by atoms with Crippen molar-refractivity contribution in [3.63, 3.8) is 0 Å². The number of carboxylic acids is 1. The number of carboxylic acid groups (broad SMARTS) is 1. The average molecular weight is 356 g/mol. The van der Waals surface area contributed by atoms with Crippen molar-refractivity contribution in [2.75, 3.05) is 39.6 Å². The summed E-state index contributed by atoms with van der Waals surface area (Å²) < 4.78 is 22.9. The van der Waals surface area contributed by atoms with Crippen molar-refractivity contribution in [3.05, 3.63) is 30.3 Å². The minimum absolute atomic E-state index is 0.00435. The van der Waals surface area contributed by atoms with Crippen molar-refractivity contribution in [2.45, 2.75) is 26.3 Å². The highest BCUT2D eigenvalue weighted by Crippen LogP contribution is 2.17. The number of carbonyl (C=O) groups is 1. The van der Waals surface area contributed by atoms with Gasteiger partial charge in [-0.25, -0.2) is 0 Å². The molecule has 0 heterocycles. The van der Waals surface area contributed by atoms with Crippen LogP contribution < -0.4 is 5.19 Å². The molecule has 6 nitrogen and oxygen atoms in total. The highest BCUT2D eigenvalue weighted by atomic mass is 28.4. The quantitative estimate of drug-likeness (QED) is 0.405. The second-order valence-electron chi connectivity index (χ2n) is 5.10. The number of benzene rings is 1. The Morgan fingerprint density at radius 3 is 1.96 bits per heavy atom. The van der Waals surface area contributed by atoms with E-state index in [1.165, 1.54) is 0 Å². The van der Waals surface area contributed by atoms with Crippen LogP contribution in [0.5, 0.6) is 0 Å². The van der Waals surface area contributed by atoms with Crippen LogP contribution in [-0.2, 0) is 23.1 Å². The van der Waals surface area contributed by atoms with Gasteiger partial charge in [-0.05, 0) is 19.0 Å². The second-order valence-corrected chi connectivity index (χ2v) is 8.26. The predicted molar refractivity (Wildman–Crippen MR) is 93.8 cm³/mol. The summed E-state index contributed by atoms with van der Waals surface area (Å²) in [4.78, 5) is 11.1. The van der Waals surface area contributed by atoms with Crippen molar-refractivity contribution in [2.24, 2.45) is 0 Å². The third-order valence-corrected chi connectivity index (χ3v) is 6.88. The van der Waals surface area contributed by atoms with Crippen LogP contribution >= 0.6 is 0 Å². The molecule has 0 atom stereocenters. The lowest BCUT2D eigenvalue weighted by atomic mass is 10.4. The van der Waals surface area contributed by atoms with E-state index in [9.17, 15) is 4.79 Å². The van der Waals surface area contributed by atoms with Gasteiger partial charge in [0.15, 0.2) is 0 Å². The van der Waals surface area contributed by atoms with Gasteiger partial charge < -0.3 is 23.4 Å². The second kappa shape index (κ2) is 12.2. The zero-order valence-corrected chi connectivity index (χ0v) is 15.5. The lowest BCUT2D eigenvalue weighted by molar-refractivity contribution is -0.136. The van der Waals surface area contributed by atoms with Crippen molar-refractivity contribution >= 4 is 19.7 Å². The molecule has 1 aromatic rings. The standard InChI is InChI=1S/C17H28O6Si/c1-3-20-11-13-22-24(15-10-17(18)19,23-14-12-21-4-2)16-8-6-5-7-9-16/h5-9H,3-4,10-15H2,1-2H3,(H,18,19). The Morgan fingerprint density at radius 1 is 0.958 bits per heavy atom. The molecule has 136 valence electrons. The molecule has 0 aliphatic heterocycles. The molecule has 0 radical (unpaired) electrons. The van der Waals surface area contributed by atoms with Gasteiger partial charge in [0.05, 0.1) is 26.4 Å². The van der Waals surface area contributed by atoms with Crippen molar-refractivity contribution < 1.29 is 28.2 Å². The van der Waals surface area contributed by atoms with Gasteiger partial charge in [0.2, 0.25) is 0 Å². The normalized spacial score (nSPS) is 11.6. The molecule has 0 aliphatic carbocycles. The van der Waals surface area contributed by atoms with E-state index in [0.717, 1.165) is 5.19 Å². The molecule has 0 fully saturated rings. The molecule has 0 saturated heterocycles. The largest absolute Gasteiger partial charge is 0.481 e. The summed E-state index contributed by atoms with van der Waals surface area (Å²) in [5.41, 5.74) is 0. The Balaban J connectivity index is 2.89. The third kappa shape index (κ3) is 7.54. The van der Waals surface area contributed by atoms with E-state index in [-0.39, 0.29) is 6.42 Å². The molecule has 1 N–H and O–H groups in total. The van der Waals surface area contributed by atoms with Crippen LogP contribution in [-0.4, -0.2) is 59.3 Å². The molecule has 7 heteroatoms. The molecule has 1 aromatic carbocycles. The van der Waals surface area contributed by atoms with Gasteiger partial charge in [0, 0.05) is 25.7 Å². The summed E-state index contributed by atoms with van der Waals surface area (Å²) in [6.45, 7) is 6.75. The van der Waals surface area contributed by atoms with E-state index in [4.69, 9.17) is 23.4 Å². The molecule has 0 spiro atoms. The number of aliphatic carboxylic acids is 1. The van der Waals surface area contributed by atoms with Gasteiger partial charge >= 0.3 is 14.5 Å². The van der Waals surface area contributed by atoms with E-state index in [0.29, 0.717) is 45.7 Å². The maximum atomic E-state index is 11.1. The van der Waals surface area contributed by atoms with Crippen LogP contribution in [0.15, 0.2) is 30.3 Å². The summed E-state index contributed by atoms with van der Waals surface area (Å²) in [6, 6.07) is 9.97. The first-order valence-electron chi connectivity index (χ1n) is 8.35. The Labute approximate surface area is 144 Å². The monoisotopic (exact) mass is 356 g/mol. The minimum Gasteiger partial charge on any atom is -0.481 e. The van der Waals surface area contributed by atoms with E-state index in [1.54, 1.807) is 0 Å². The fourth-order valence-corrected chi connectivity index (χ4v) is 5.34. The SMILES string of the molecule is CCOCCO[Si](CCC(=O)O)(OCCOCC)c1ccccc1. The number of rotatable bonds is 14. The summed E-state index contributed by atoms with van der Waals surface area (Å²) in [5.74, 6) is -0.857. The van der Waals surface area contributed by atoms with Crippen LogP contribution in [0.2, 0.25) is 6.04 Å². The Kier molecular flexibility index (Phi) is 10.5. The Morgan fingerprint density at radius 2 is 1.50 bits per heavy atom. The summed E-state index contributed by atoms with van der Waals surface area (Å²) in [7, 11) is -2.88. The average Bonchev–Trinajstić information content (AvgIpc) is 2.60. The molecule has 1 rings (SSSR count). The predicted octanol–water partition coefficient (Wildman–Crippen LogP) is 1.92. The zero-order valence-electron chi connectivity index (χ0n) is 14.5. The van der Waals surface area contributed by atoms with E-state index in [2.05, 4.69) is 0 Å². The lowest BCUT2D eigenvalue weighted by Crippen LogP contribution is -2.55. The fraction of sp³-hybridized carbons (Fsp3) is 0.588. The lowest BCUT2D eigenvalue weighted by Gasteiger charge is -2.31. The number of ether oxygens (including phenoxy) is 2. The van der Waals surface area contributed by atoms with Crippen LogP contribution in [0.25, 0.3) is 0 Å². The maximum absolute atomic E-state index is 11.1. The van der Waals surface area contributed by atoms with Gasteiger partial charge in [-0.15, -0.1) is 0 Å². The molecule has 0 bridgehead atoms. The maximum Gasteiger partial charge on any atom is 0.373 e. The van der Waals surface area contributed by atoms with Crippen LogP contribution in [0.3, 0.4) is 0 Å². The summed E-state index contributed by atoms with van der Waals surface area (Å²) in [5, 5.41) is 10.0. The van der Waals surface area contributed by atoms with E-state index >= 15 is 0 Å². The molecule has 0 aromatic heterocycles. The van der Waals surface area contributed by atoms with E-state index < -0.39 is 14.5 Å². The summed E-state index contributed by atoms with van der Waals surface area (Å²) in [6.07, 6.45) is 0.00435. The van der Waals surface area contributed by atoms with Crippen LogP contribution in [0.1, 0.15) is 20.3 Å². The molecular weight excluding hydrogens is 328 g/mol. The third-order valence-electron chi connectivity index (χ3n) is 3.42. The Hall–Kier alpha value is -1.25. The summed E-state index contributed by atoms with van der Waals surface area (Å²) >= 11 is 0. The van der Waals surface area contributed by atoms with Crippen LogP contribution in [0, 0.1) is 0 Å². The van der Waals surface area contributed by atoms with Gasteiger partial charge in [-0.1, -0.05) is 30.3 Å². The van der Waals surface area contributed by atoms with Crippen molar-refractivity contribution in [1.29, 1.82) is 0 Å². The molecule has 0 aliphatic rings. The first kappa shape index (κ1) is 20.8. The molecule has 24 heavy (non-hydrogen) atoms. The minimum atomic E-state index is -2.88. The number of hydrogen-bond donors (Lipinski definition) is 1. The zero-order chi connectivity index (χ0) is 17.7. The Bertz CT molecular complexity index is 442. The van der Waals surface area contributed by atoms with Gasteiger partial charge in [0.25, 0.3) is 0 Å². The smallest absolute Gasteiger partial charge is 0.373 e. The van der Waals surface area contributed by atoms with Crippen LogP contribution in [0.4, 0.5) is 0 Å². The van der Waals surface area contributed by atoms with E-state index in [1.807, 2.05) is 44.2 Å². The molecule has 0 saturated carbocycles. The topological polar surface area (TPSA) is 74.2 Å². The van der Waals surface area contributed by atoms with Gasteiger partial charge in [-0.3, -0.25) is 4.79 Å². The first-order valence-corrected chi connectivity index (χ1v) is 10.4. The first-order chi connectivity index (χ1) is 11.6. The van der Waals surface area contributed by atoms with Crippen molar-refractivity contribution in [3.8, 4) is 0 Å². The molecular formula is C17H28O6Si. The molecule has 0 amide bonds. The fourth-order valence-electron chi connectivity index (χ4n) is 2.28. The van der Waals surface area contributed by atoms with Crippen molar-refractivity contribution in [1.82, 2.24) is 0 Å². The number of hydrogen-bond acceptors (Lipinski definition) is 5. The highest BCUT2D eigenvalue weighted by Gasteiger charge is 2.40.